The summed E-state index contributed by atoms with van der Waals surface area (Å²) in [4.78, 5) is 22.0. The van der Waals surface area contributed by atoms with Gasteiger partial charge in [0.25, 0.3) is 0 Å². The van der Waals surface area contributed by atoms with Gasteiger partial charge in [-0.3, -0.25) is 4.68 Å². The van der Waals surface area contributed by atoms with Crippen LogP contribution in [0.5, 0.6) is 0 Å². The Labute approximate surface area is 163 Å². The minimum Gasteiger partial charge on any atom is -0.444 e. The standard InChI is InChI=1S/C21H25N5O2/c1-20(2,3)28-19(27)25-8-5-21(13-25)6-9-26-17(21)11-16(24-26)15-10-14-4-7-22-18(14)23-12-15/h4,7,10-12H,5-6,8-9,13H2,1-3H3,(H,22,23). The number of amides is 1. The lowest BCUT2D eigenvalue weighted by molar-refractivity contribution is 0.0284. The van der Waals surface area contributed by atoms with Crippen LogP contribution in [-0.2, 0) is 16.7 Å². The number of hydrogen-bond donors (Lipinski definition) is 1. The second-order valence-corrected chi connectivity index (χ2v) is 8.96. The Morgan fingerprint density at radius 3 is 2.89 bits per heavy atom. The minimum absolute atomic E-state index is 0.0201. The molecular formula is C21H25N5O2. The molecule has 5 rings (SSSR count). The van der Waals surface area contributed by atoms with Crippen LogP contribution in [0.15, 0.2) is 30.6 Å². The summed E-state index contributed by atoms with van der Waals surface area (Å²) in [6, 6.07) is 6.32. The Balaban J connectivity index is 1.42. The van der Waals surface area contributed by atoms with Gasteiger partial charge in [-0.1, -0.05) is 0 Å². The maximum atomic E-state index is 12.5. The minimum atomic E-state index is -0.471. The van der Waals surface area contributed by atoms with Crippen LogP contribution in [0.4, 0.5) is 4.79 Å². The summed E-state index contributed by atoms with van der Waals surface area (Å²) >= 11 is 0. The maximum Gasteiger partial charge on any atom is 0.410 e. The van der Waals surface area contributed by atoms with Gasteiger partial charge in [-0.25, -0.2) is 9.78 Å². The first-order chi connectivity index (χ1) is 13.3. The van der Waals surface area contributed by atoms with Crippen molar-refractivity contribution in [3.05, 3.63) is 36.3 Å². The summed E-state index contributed by atoms with van der Waals surface area (Å²) in [5, 5.41) is 5.91. The van der Waals surface area contributed by atoms with Crippen LogP contribution in [0.2, 0.25) is 0 Å². The van der Waals surface area contributed by atoms with Crippen molar-refractivity contribution in [3.8, 4) is 11.3 Å². The molecule has 7 heteroatoms. The highest BCUT2D eigenvalue weighted by Gasteiger charge is 2.47. The molecular weight excluding hydrogens is 354 g/mol. The molecule has 0 bridgehead atoms. The van der Waals surface area contributed by atoms with Crippen molar-refractivity contribution in [1.82, 2.24) is 24.6 Å². The van der Waals surface area contributed by atoms with E-state index in [2.05, 4.69) is 26.8 Å². The van der Waals surface area contributed by atoms with E-state index >= 15 is 0 Å². The number of fused-ring (bicyclic) bond motifs is 3. The summed E-state index contributed by atoms with van der Waals surface area (Å²) in [6.45, 7) is 8.03. The first-order valence-corrected chi connectivity index (χ1v) is 9.83. The molecule has 1 unspecified atom stereocenters. The largest absolute Gasteiger partial charge is 0.444 e. The molecule has 2 aliphatic rings. The van der Waals surface area contributed by atoms with Gasteiger partial charge in [0.15, 0.2) is 0 Å². The number of aryl methyl sites for hydroxylation is 1. The zero-order valence-corrected chi connectivity index (χ0v) is 16.5. The zero-order valence-electron chi connectivity index (χ0n) is 16.5. The molecule has 7 nitrogen and oxygen atoms in total. The van der Waals surface area contributed by atoms with Crippen molar-refractivity contribution in [2.75, 3.05) is 13.1 Å². The molecule has 3 aromatic heterocycles. The summed E-state index contributed by atoms with van der Waals surface area (Å²) < 4.78 is 7.68. The highest BCUT2D eigenvalue weighted by molar-refractivity contribution is 5.80. The van der Waals surface area contributed by atoms with Crippen LogP contribution >= 0.6 is 0 Å². The van der Waals surface area contributed by atoms with E-state index in [-0.39, 0.29) is 11.5 Å². The number of carbonyl (C=O) groups is 1. The van der Waals surface area contributed by atoms with E-state index < -0.39 is 5.60 Å². The smallest absolute Gasteiger partial charge is 0.410 e. The van der Waals surface area contributed by atoms with E-state index in [9.17, 15) is 4.79 Å². The van der Waals surface area contributed by atoms with Gasteiger partial charge in [-0.05, 0) is 51.8 Å². The number of pyridine rings is 1. The van der Waals surface area contributed by atoms with E-state index in [0.717, 1.165) is 48.2 Å². The van der Waals surface area contributed by atoms with Crippen molar-refractivity contribution >= 4 is 17.1 Å². The van der Waals surface area contributed by atoms with Crippen LogP contribution in [0, 0.1) is 0 Å². The summed E-state index contributed by atoms with van der Waals surface area (Å²) in [6.07, 6.45) is 5.51. The molecule has 146 valence electrons. The Kier molecular flexibility index (Phi) is 3.60. The number of H-pyrrole nitrogens is 1. The SMILES string of the molecule is CC(C)(C)OC(=O)N1CCC2(CCn3nc(-c4cnc5[nH]ccc5c4)cc32)C1. The monoisotopic (exact) mass is 379 g/mol. The quantitative estimate of drug-likeness (QED) is 0.699. The first kappa shape index (κ1) is 17.3. The van der Waals surface area contributed by atoms with E-state index in [1.165, 1.54) is 5.69 Å². The molecule has 1 spiro atoms. The number of aromatic nitrogens is 4. The number of ether oxygens (including phenoxy) is 1. The predicted molar refractivity (Wildman–Crippen MR) is 106 cm³/mol. The fourth-order valence-corrected chi connectivity index (χ4v) is 4.45. The molecule has 1 saturated heterocycles. The molecule has 0 aromatic carbocycles. The highest BCUT2D eigenvalue weighted by Crippen LogP contribution is 2.44. The molecule has 1 fully saturated rings. The molecule has 0 saturated carbocycles. The number of nitrogens with zero attached hydrogens (tertiary/aromatic N) is 4. The van der Waals surface area contributed by atoms with Crippen molar-refractivity contribution in [1.29, 1.82) is 0 Å². The topological polar surface area (TPSA) is 76.0 Å². The van der Waals surface area contributed by atoms with E-state index in [1.54, 1.807) is 0 Å². The van der Waals surface area contributed by atoms with Gasteiger partial charge in [0.2, 0.25) is 0 Å². The molecule has 2 aliphatic heterocycles. The molecule has 1 atom stereocenters. The third-order valence-corrected chi connectivity index (χ3v) is 5.83. The van der Waals surface area contributed by atoms with Crippen LogP contribution in [-0.4, -0.2) is 49.4 Å². The average molecular weight is 379 g/mol. The van der Waals surface area contributed by atoms with Gasteiger partial charge in [0, 0.05) is 54.1 Å². The second-order valence-electron chi connectivity index (χ2n) is 8.96. The number of hydrogen-bond acceptors (Lipinski definition) is 4. The average Bonchev–Trinajstić information content (AvgIpc) is 3.38. The molecule has 1 N–H and O–H groups in total. The fourth-order valence-electron chi connectivity index (χ4n) is 4.45. The molecule has 28 heavy (non-hydrogen) atoms. The normalized spacial score (nSPS) is 21.6. The Morgan fingerprint density at radius 1 is 1.25 bits per heavy atom. The van der Waals surface area contributed by atoms with Crippen molar-refractivity contribution in [2.45, 2.75) is 51.2 Å². The lowest BCUT2D eigenvalue weighted by Crippen LogP contribution is -2.37. The van der Waals surface area contributed by atoms with Gasteiger partial charge in [-0.2, -0.15) is 5.10 Å². The number of likely N-dealkylation sites (tertiary alicyclic amines) is 1. The molecule has 5 heterocycles. The van der Waals surface area contributed by atoms with Crippen LogP contribution < -0.4 is 0 Å². The van der Waals surface area contributed by atoms with Gasteiger partial charge in [0.1, 0.15) is 11.2 Å². The van der Waals surface area contributed by atoms with E-state index in [0.29, 0.717) is 6.54 Å². The number of carbonyl (C=O) groups excluding carboxylic acids is 1. The Hall–Kier alpha value is -2.83. The third kappa shape index (κ3) is 2.77. The van der Waals surface area contributed by atoms with Gasteiger partial charge in [0.05, 0.1) is 5.69 Å². The molecule has 0 radical (unpaired) electrons. The van der Waals surface area contributed by atoms with E-state index in [1.807, 2.05) is 44.1 Å². The van der Waals surface area contributed by atoms with Crippen molar-refractivity contribution in [2.24, 2.45) is 0 Å². The summed E-state index contributed by atoms with van der Waals surface area (Å²) in [7, 11) is 0. The highest BCUT2D eigenvalue weighted by atomic mass is 16.6. The lowest BCUT2D eigenvalue weighted by atomic mass is 9.82. The summed E-state index contributed by atoms with van der Waals surface area (Å²) in [5.41, 5.74) is 3.58. The Morgan fingerprint density at radius 2 is 2.07 bits per heavy atom. The van der Waals surface area contributed by atoms with Gasteiger partial charge < -0.3 is 14.6 Å². The van der Waals surface area contributed by atoms with Gasteiger partial charge >= 0.3 is 6.09 Å². The van der Waals surface area contributed by atoms with Gasteiger partial charge in [-0.15, -0.1) is 0 Å². The molecule has 0 aliphatic carbocycles. The number of aromatic amines is 1. The zero-order chi connectivity index (χ0) is 19.5. The summed E-state index contributed by atoms with van der Waals surface area (Å²) in [5.74, 6) is 0. The fraction of sp³-hybridized carbons (Fsp3) is 0.476. The number of nitrogens with one attached hydrogen (secondary N) is 1. The van der Waals surface area contributed by atoms with Crippen LogP contribution in [0.25, 0.3) is 22.3 Å². The number of rotatable bonds is 1. The first-order valence-electron chi connectivity index (χ1n) is 9.83. The predicted octanol–water partition coefficient (Wildman–Crippen LogP) is 3.71. The van der Waals surface area contributed by atoms with Crippen molar-refractivity contribution < 1.29 is 9.53 Å². The lowest BCUT2D eigenvalue weighted by Gasteiger charge is -2.26. The van der Waals surface area contributed by atoms with Crippen molar-refractivity contribution in [3.63, 3.8) is 0 Å². The molecule has 1 amide bonds. The maximum absolute atomic E-state index is 12.5. The van der Waals surface area contributed by atoms with Crippen LogP contribution in [0.1, 0.15) is 39.3 Å². The van der Waals surface area contributed by atoms with Crippen LogP contribution in [0.3, 0.4) is 0 Å². The van der Waals surface area contributed by atoms with E-state index in [4.69, 9.17) is 9.84 Å². The second kappa shape index (κ2) is 5.83. The Bertz CT molecular complexity index is 1060. The molecule has 3 aromatic rings. The third-order valence-electron chi connectivity index (χ3n) is 5.83.